The van der Waals surface area contributed by atoms with Crippen molar-refractivity contribution in [2.75, 3.05) is 24.7 Å². The number of fused-ring (bicyclic) bond motifs is 1. The predicted octanol–water partition coefficient (Wildman–Crippen LogP) is -0.0230. The van der Waals surface area contributed by atoms with Gasteiger partial charge in [-0.05, 0) is 0 Å². The van der Waals surface area contributed by atoms with Crippen LogP contribution in [0.2, 0.25) is 0 Å². The molecule has 0 spiro atoms. The quantitative estimate of drug-likeness (QED) is 0.593. The molecule has 68 valence electrons. The summed E-state index contributed by atoms with van der Waals surface area (Å²) in [6.07, 6.45) is 0. The summed E-state index contributed by atoms with van der Waals surface area (Å²) in [6.45, 7) is -0.298. The Morgan fingerprint density at radius 2 is 2.42 bits per heavy atom. The number of cyclic esters (lactones) is 1. The minimum Gasteiger partial charge on any atom is -0.462 e. The van der Waals surface area contributed by atoms with Crippen molar-refractivity contribution in [1.29, 1.82) is 0 Å². The number of rotatable bonds is 1. The number of halogens is 1. The van der Waals surface area contributed by atoms with Crippen LogP contribution >= 0.6 is 11.8 Å². The van der Waals surface area contributed by atoms with Crippen LogP contribution in [0.25, 0.3) is 0 Å². The number of hydrogen-bond acceptors (Lipinski definition) is 4. The van der Waals surface area contributed by atoms with Crippen molar-refractivity contribution in [3.63, 3.8) is 0 Å². The number of thioether (sulfide) groups is 1. The first-order valence-corrected chi connectivity index (χ1v) is 4.85. The summed E-state index contributed by atoms with van der Waals surface area (Å²) in [7, 11) is 0. The van der Waals surface area contributed by atoms with E-state index >= 15 is 0 Å². The lowest BCUT2D eigenvalue weighted by atomic mass is 9.79. The first-order chi connectivity index (χ1) is 5.65. The molecule has 0 aromatic carbocycles. The molecule has 2 fully saturated rings. The van der Waals surface area contributed by atoms with Gasteiger partial charge in [0.25, 0.3) is 0 Å². The standard InChI is InChI=1S/C7H9FO3S/c8-7-4-12-3-6(7,1-9)2-11-5(7)10/h9H,1-4H2/t6-,7+/m0/s1. The van der Waals surface area contributed by atoms with Crippen LogP contribution in [0.4, 0.5) is 4.39 Å². The van der Waals surface area contributed by atoms with E-state index in [0.717, 1.165) is 0 Å². The number of esters is 1. The van der Waals surface area contributed by atoms with E-state index in [-0.39, 0.29) is 19.0 Å². The highest BCUT2D eigenvalue weighted by atomic mass is 32.2. The van der Waals surface area contributed by atoms with Gasteiger partial charge in [-0.15, -0.1) is 0 Å². The lowest BCUT2D eigenvalue weighted by Crippen LogP contribution is -2.47. The van der Waals surface area contributed by atoms with E-state index in [0.29, 0.717) is 5.75 Å². The third-order valence-corrected chi connectivity index (χ3v) is 3.98. The fourth-order valence-corrected chi connectivity index (χ4v) is 3.22. The molecule has 2 heterocycles. The summed E-state index contributed by atoms with van der Waals surface area (Å²) >= 11 is 1.36. The predicted molar refractivity (Wildman–Crippen MR) is 41.6 cm³/mol. The average Bonchev–Trinajstić information content (AvgIpc) is 2.50. The average molecular weight is 192 g/mol. The molecule has 0 aliphatic carbocycles. The Labute approximate surface area is 73.3 Å². The van der Waals surface area contributed by atoms with E-state index in [2.05, 4.69) is 4.74 Å². The molecule has 5 heteroatoms. The Morgan fingerprint density at radius 3 is 3.00 bits per heavy atom. The van der Waals surface area contributed by atoms with Crippen molar-refractivity contribution in [3.8, 4) is 0 Å². The van der Waals surface area contributed by atoms with E-state index in [4.69, 9.17) is 5.11 Å². The van der Waals surface area contributed by atoms with E-state index < -0.39 is 17.1 Å². The molecule has 0 bridgehead atoms. The normalized spacial score (nSPS) is 46.0. The number of carbonyl (C=O) groups excluding carboxylic acids is 1. The molecule has 0 radical (unpaired) electrons. The van der Waals surface area contributed by atoms with Gasteiger partial charge in [0.15, 0.2) is 0 Å². The number of carbonyl (C=O) groups is 1. The molecule has 0 saturated carbocycles. The highest BCUT2D eigenvalue weighted by molar-refractivity contribution is 7.99. The van der Waals surface area contributed by atoms with Gasteiger partial charge in [-0.25, -0.2) is 9.18 Å². The molecule has 12 heavy (non-hydrogen) atoms. The van der Waals surface area contributed by atoms with E-state index in [9.17, 15) is 9.18 Å². The van der Waals surface area contributed by atoms with Crippen molar-refractivity contribution < 1.29 is 19.0 Å². The van der Waals surface area contributed by atoms with E-state index in [1.54, 1.807) is 0 Å². The molecule has 0 amide bonds. The molecule has 2 rings (SSSR count). The van der Waals surface area contributed by atoms with Gasteiger partial charge in [0, 0.05) is 11.5 Å². The molecule has 2 atom stereocenters. The third-order valence-electron chi connectivity index (χ3n) is 2.63. The van der Waals surface area contributed by atoms with E-state index in [1.807, 2.05) is 0 Å². The molecule has 3 nitrogen and oxygen atoms in total. The van der Waals surface area contributed by atoms with E-state index in [1.165, 1.54) is 11.8 Å². The lowest BCUT2D eigenvalue weighted by Gasteiger charge is -2.25. The summed E-state index contributed by atoms with van der Waals surface area (Å²) in [4.78, 5) is 11.0. The maximum Gasteiger partial charge on any atom is 0.345 e. The fourth-order valence-electron chi connectivity index (χ4n) is 1.62. The van der Waals surface area contributed by atoms with Crippen molar-refractivity contribution in [1.82, 2.24) is 0 Å². The molecule has 2 saturated heterocycles. The number of ether oxygens (including phenoxy) is 1. The van der Waals surface area contributed by atoms with Gasteiger partial charge >= 0.3 is 5.97 Å². The van der Waals surface area contributed by atoms with Gasteiger partial charge in [-0.3, -0.25) is 0 Å². The van der Waals surface area contributed by atoms with Crippen molar-refractivity contribution in [3.05, 3.63) is 0 Å². The first kappa shape index (κ1) is 8.31. The third kappa shape index (κ3) is 0.733. The Hall–Kier alpha value is -0.290. The zero-order chi connectivity index (χ0) is 8.82. The Bertz CT molecular complexity index is 235. The van der Waals surface area contributed by atoms with Crippen LogP contribution in [0.5, 0.6) is 0 Å². The Kier molecular flexibility index (Phi) is 1.63. The van der Waals surface area contributed by atoms with Crippen LogP contribution in [0.3, 0.4) is 0 Å². The Balaban J connectivity index is 2.39. The monoisotopic (exact) mass is 192 g/mol. The summed E-state index contributed by atoms with van der Waals surface area (Å²) in [5.41, 5.74) is -2.90. The lowest BCUT2D eigenvalue weighted by molar-refractivity contribution is -0.147. The maximum atomic E-state index is 13.9. The fraction of sp³-hybridized carbons (Fsp3) is 0.857. The molecule has 0 aromatic rings. The SMILES string of the molecule is O=C1OC[C@@]2(CO)CSC[C@@]12F. The topological polar surface area (TPSA) is 46.5 Å². The zero-order valence-electron chi connectivity index (χ0n) is 6.38. The van der Waals surface area contributed by atoms with Crippen molar-refractivity contribution in [2.45, 2.75) is 5.67 Å². The number of alkyl halides is 1. The molecule has 0 aromatic heterocycles. The van der Waals surface area contributed by atoms with Crippen LogP contribution in [-0.4, -0.2) is 41.5 Å². The number of aliphatic hydroxyl groups is 1. The minimum atomic E-state index is -1.94. The summed E-state index contributed by atoms with van der Waals surface area (Å²) in [6, 6.07) is 0. The molecular weight excluding hydrogens is 183 g/mol. The van der Waals surface area contributed by atoms with Gasteiger partial charge in [0.1, 0.15) is 6.61 Å². The van der Waals surface area contributed by atoms with Crippen LogP contribution in [0, 0.1) is 5.41 Å². The molecule has 2 aliphatic heterocycles. The van der Waals surface area contributed by atoms with Crippen LogP contribution in [0.15, 0.2) is 0 Å². The molecule has 1 N–H and O–H groups in total. The minimum absolute atomic E-state index is 0.0197. The van der Waals surface area contributed by atoms with Gasteiger partial charge in [0.2, 0.25) is 5.67 Å². The summed E-state index contributed by atoms with van der Waals surface area (Å²) < 4.78 is 18.5. The smallest absolute Gasteiger partial charge is 0.345 e. The maximum absolute atomic E-state index is 13.9. The van der Waals surface area contributed by atoms with Gasteiger partial charge in [0.05, 0.1) is 12.0 Å². The highest BCUT2D eigenvalue weighted by Gasteiger charge is 2.67. The number of hydrogen-bond donors (Lipinski definition) is 1. The van der Waals surface area contributed by atoms with Crippen LogP contribution < -0.4 is 0 Å². The summed E-state index contributed by atoms with van der Waals surface area (Å²) in [5, 5.41) is 9.02. The van der Waals surface area contributed by atoms with Gasteiger partial charge in [-0.1, -0.05) is 0 Å². The van der Waals surface area contributed by atoms with Crippen LogP contribution in [0.1, 0.15) is 0 Å². The Morgan fingerprint density at radius 1 is 1.67 bits per heavy atom. The zero-order valence-corrected chi connectivity index (χ0v) is 7.19. The molecular formula is C7H9FO3S. The molecule has 2 aliphatic rings. The van der Waals surface area contributed by atoms with Gasteiger partial charge in [-0.2, -0.15) is 11.8 Å². The highest BCUT2D eigenvalue weighted by Crippen LogP contribution is 2.51. The largest absolute Gasteiger partial charge is 0.462 e. The summed E-state index contributed by atoms with van der Waals surface area (Å²) in [5.74, 6) is -0.223. The second kappa shape index (κ2) is 2.35. The first-order valence-electron chi connectivity index (χ1n) is 3.69. The van der Waals surface area contributed by atoms with Crippen LogP contribution in [-0.2, 0) is 9.53 Å². The van der Waals surface area contributed by atoms with Gasteiger partial charge < -0.3 is 9.84 Å². The molecule has 0 unspecified atom stereocenters. The second-order valence-corrected chi connectivity index (χ2v) is 4.29. The number of aliphatic hydroxyl groups excluding tert-OH is 1. The van der Waals surface area contributed by atoms with Crippen molar-refractivity contribution in [2.24, 2.45) is 5.41 Å². The van der Waals surface area contributed by atoms with Crippen molar-refractivity contribution >= 4 is 17.7 Å². The second-order valence-electron chi connectivity index (χ2n) is 3.31.